The van der Waals surface area contributed by atoms with Crippen molar-refractivity contribution in [3.05, 3.63) is 24.7 Å². The van der Waals surface area contributed by atoms with Gasteiger partial charge in [0.25, 0.3) is 0 Å². The van der Waals surface area contributed by atoms with Crippen molar-refractivity contribution >= 4 is 5.97 Å². The van der Waals surface area contributed by atoms with Gasteiger partial charge in [0.05, 0.1) is 12.5 Å². The molecule has 0 saturated heterocycles. The predicted octanol–water partition coefficient (Wildman–Crippen LogP) is 5.43. The lowest BCUT2D eigenvalue weighted by atomic mass is 10.1. The molecule has 116 valence electrons. The van der Waals surface area contributed by atoms with Crippen LogP contribution < -0.4 is 0 Å². The van der Waals surface area contributed by atoms with Gasteiger partial charge in [-0.2, -0.15) is 0 Å². The van der Waals surface area contributed by atoms with Gasteiger partial charge in [-0.05, 0) is 44.3 Å². The zero-order valence-electron chi connectivity index (χ0n) is 12.9. The summed E-state index contributed by atoms with van der Waals surface area (Å²) in [6.07, 6.45) is 19.1. The van der Waals surface area contributed by atoms with Gasteiger partial charge < -0.3 is 9.84 Å². The summed E-state index contributed by atoms with van der Waals surface area (Å²) in [5.41, 5.74) is 0. The summed E-state index contributed by atoms with van der Waals surface area (Å²) in [5.74, 6) is -0.687. The van der Waals surface area contributed by atoms with E-state index in [4.69, 9.17) is 9.84 Å². The summed E-state index contributed by atoms with van der Waals surface area (Å²) < 4.78 is 5.26. The SMILES string of the molecule is CCCCC/C=C\O/C=C\CCCCCCCC(=O)O. The average molecular weight is 282 g/mol. The van der Waals surface area contributed by atoms with Crippen LogP contribution in [0.25, 0.3) is 0 Å². The van der Waals surface area contributed by atoms with Crippen molar-refractivity contribution in [1.82, 2.24) is 0 Å². The monoisotopic (exact) mass is 282 g/mol. The fourth-order valence-corrected chi connectivity index (χ4v) is 1.87. The Balaban J connectivity index is 3.17. The van der Waals surface area contributed by atoms with Crippen molar-refractivity contribution in [3.8, 4) is 0 Å². The molecule has 0 aliphatic carbocycles. The van der Waals surface area contributed by atoms with E-state index >= 15 is 0 Å². The standard InChI is InChI=1S/C17H30O3/c1-2-3-4-9-12-15-20-16-13-10-7-5-6-8-11-14-17(18)19/h12-13,15-16H,2-11,14H2,1H3,(H,18,19)/b15-12-,16-13-. The van der Waals surface area contributed by atoms with Gasteiger partial charge in [-0.1, -0.05) is 39.0 Å². The van der Waals surface area contributed by atoms with E-state index < -0.39 is 5.97 Å². The van der Waals surface area contributed by atoms with E-state index in [1.807, 2.05) is 6.08 Å². The Kier molecular flexibility index (Phi) is 14.8. The summed E-state index contributed by atoms with van der Waals surface area (Å²) in [7, 11) is 0. The van der Waals surface area contributed by atoms with Crippen LogP contribution in [0.4, 0.5) is 0 Å². The van der Waals surface area contributed by atoms with Gasteiger partial charge in [0.1, 0.15) is 0 Å². The van der Waals surface area contributed by atoms with Gasteiger partial charge in [0.15, 0.2) is 0 Å². The molecule has 0 spiro atoms. The van der Waals surface area contributed by atoms with Gasteiger partial charge in [-0.15, -0.1) is 0 Å². The lowest BCUT2D eigenvalue weighted by Gasteiger charge is -1.98. The maximum absolute atomic E-state index is 10.3. The Labute approximate surface area is 123 Å². The first-order valence-corrected chi connectivity index (χ1v) is 7.94. The van der Waals surface area contributed by atoms with Crippen molar-refractivity contribution in [2.24, 2.45) is 0 Å². The van der Waals surface area contributed by atoms with Crippen LogP contribution in [-0.4, -0.2) is 11.1 Å². The molecule has 1 N–H and O–H groups in total. The zero-order valence-corrected chi connectivity index (χ0v) is 12.9. The molecule has 0 atom stereocenters. The molecule has 0 fully saturated rings. The molecule has 0 aromatic heterocycles. The first-order valence-electron chi connectivity index (χ1n) is 7.94. The fraction of sp³-hybridized carbons (Fsp3) is 0.706. The maximum atomic E-state index is 10.3. The van der Waals surface area contributed by atoms with Crippen LogP contribution in [0.15, 0.2) is 24.7 Å². The number of carboxylic acids is 1. The number of rotatable bonds is 14. The Bertz CT molecular complexity index is 269. The predicted molar refractivity (Wildman–Crippen MR) is 83.5 cm³/mol. The zero-order chi connectivity index (χ0) is 14.9. The van der Waals surface area contributed by atoms with Gasteiger partial charge in [0.2, 0.25) is 0 Å². The first kappa shape index (κ1) is 18.8. The highest BCUT2D eigenvalue weighted by Gasteiger charge is 1.95. The number of unbranched alkanes of at least 4 members (excludes halogenated alkanes) is 8. The lowest BCUT2D eigenvalue weighted by molar-refractivity contribution is -0.137. The molecule has 0 aromatic rings. The third-order valence-corrected chi connectivity index (χ3v) is 3.09. The van der Waals surface area contributed by atoms with E-state index in [0.29, 0.717) is 6.42 Å². The summed E-state index contributed by atoms with van der Waals surface area (Å²) in [4.78, 5) is 10.3. The number of ether oxygens (including phenoxy) is 1. The van der Waals surface area contributed by atoms with Crippen molar-refractivity contribution in [2.75, 3.05) is 0 Å². The highest BCUT2D eigenvalue weighted by atomic mass is 16.5. The third kappa shape index (κ3) is 16.8. The molecule has 0 saturated carbocycles. The minimum Gasteiger partial charge on any atom is -0.481 e. The second-order valence-electron chi connectivity index (χ2n) is 5.08. The van der Waals surface area contributed by atoms with Crippen LogP contribution in [0.5, 0.6) is 0 Å². The van der Waals surface area contributed by atoms with Crippen molar-refractivity contribution < 1.29 is 14.6 Å². The third-order valence-electron chi connectivity index (χ3n) is 3.09. The van der Waals surface area contributed by atoms with Crippen LogP contribution in [0.3, 0.4) is 0 Å². The molecule has 0 aliphatic rings. The molecule has 0 aromatic carbocycles. The topological polar surface area (TPSA) is 46.5 Å². The number of carboxylic acid groups (broad SMARTS) is 1. The first-order chi connectivity index (χ1) is 9.77. The number of allylic oxidation sites excluding steroid dienone is 2. The van der Waals surface area contributed by atoms with Gasteiger partial charge in [0, 0.05) is 6.42 Å². The number of carbonyl (C=O) groups is 1. The molecule has 20 heavy (non-hydrogen) atoms. The maximum Gasteiger partial charge on any atom is 0.303 e. The molecular weight excluding hydrogens is 252 g/mol. The molecule has 0 heterocycles. The van der Waals surface area contributed by atoms with Crippen molar-refractivity contribution in [2.45, 2.75) is 77.6 Å². The van der Waals surface area contributed by atoms with E-state index in [1.165, 1.54) is 19.3 Å². The Morgan fingerprint density at radius 1 is 0.900 bits per heavy atom. The molecule has 0 unspecified atom stereocenters. The highest BCUT2D eigenvalue weighted by molar-refractivity contribution is 5.66. The van der Waals surface area contributed by atoms with E-state index in [1.54, 1.807) is 12.5 Å². The number of aliphatic carboxylic acids is 1. The lowest BCUT2D eigenvalue weighted by Crippen LogP contribution is -1.93. The molecule has 3 nitrogen and oxygen atoms in total. The average Bonchev–Trinajstić information content (AvgIpc) is 2.43. The molecule has 3 heteroatoms. The van der Waals surface area contributed by atoms with Gasteiger partial charge in [-0.3, -0.25) is 4.79 Å². The molecular formula is C17H30O3. The van der Waals surface area contributed by atoms with Gasteiger partial charge >= 0.3 is 5.97 Å². The van der Waals surface area contributed by atoms with Crippen LogP contribution in [0.2, 0.25) is 0 Å². The van der Waals surface area contributed by atoms with Crippen LogP contribution in [0.1, 0.15) is 77.6 Å². The minimum absolute atomic E-state index is 0.304. The molecule has 0 amide bonds. The van der Waals surface area contributed by atoms with Crippen molar-refractivity contribution in [3.63, 3.8) is 0 Å². The number of hydrogen-bond donors (Lipinski definition) is 1. The summed E-state index contributed by atoms with van der Waals surface area (Å²) in [5, 5.41) is 8.49. The summed E-state index contributed by atoms with van der Waals surface area (Å²) in [6.45, 7) is 2.20. The molecule has 0 radical (unpaired) electrons. The van der Waals surface area contributed by atoms with Crippen molar-refractivity contribution in [1.29, 1.82) is 0 Å². The van der Waals surface area contributed by atoms with E-state index in [-0.39, 0.29) is 0 Å². The molecule has 0 aliphatic heterocycles. The van der Waals surface area contributed by atoms with E-state index in [9.17, 15) is 4.79 Å². The quantitative estimate of drug-likeness (QED) is 0.341. The van der Waals surface area contributed by atoms with E-state index in [2.05, 4.69) is 13.0 Å². The molecule has 0 rings (SSSR count). The largest absolute Gasteiger partial charge is 0.481 e. The highest BCUT2D eigenvalue weighted by Crippen LogP contribution is 2.07. The Morgan fingerprint density at radius 2 is 1.45 bits per heavy atom. The van der Waals surface area contributed by atoms with Gasteiger partial charge in [-0.25, -0.2) is 0 Å². The summed E-state index contributed by atoms with van der Waals surface area (Å²) in [6, 6.07) is 0. The van der Waals surface area contributed by atoms with Crippen LogP contribution in [-0.2, 0) is 9.53 Å². The Morgan fingerprint density at radius 3 is 2.05 bits per heavy atom. The fourth-order valence-electron chi connectivity index (χ4n) is 1.87. The summed E-state index contributed by atoms with van der Waals surface area (Å²) >= 11 is 0. The normalized spacial score (nSPS) is 11.4. The second kappa shape index (κ2) is 15.8. The van der Waals surface area contributed by atoms with Crippen LogP contribution >= 0.6 is 0 Å². The van der Waals surface area contributed by atoms with E-state index in [0.717, 1.165) is 44.9 Å². The minimum atomic E-state index is -0.687. The van der Waals surface area contributed by atoms with Crippen LogP contribution in [0, 0.1) is 0 Å². The smallest absolute Gasteiger partial charge is 0.303 e. The second-order valence-corrected chi connectivity index (χ2v) is 5.08. The Hall–Kier alpha value is -1.25. The molecule has 0 bridgehead atoms. The number of hydrogen-bond acceptors (Lipinski definition) is 2.